The lowest BCUT2D eigenvalue weighted by Crippen LogP contribution is -2.32. The van der Waals surface area contributed by atoms with Crippen LogP contribution >= 0.6 is 24.0 Å². The Hall–Kier alpha value is -1.11. The molecule has 2 rings (SSSR count). The number of likely N-dealkylation sites (tertiary alicyclic amines) is 1. The summed E-state index contributed by atoms with van der Waals surface area (Å²) in [5.41, 5.74) is 5.75. The van der Waals surface area contributed by atoms with Crippen LogP contribution in [-0.4, -0.2) is 36.5 Å². The van der Waals surface area contributed by atoms with Crippen LogP contribution in [0, 0.1) is 0 Å². The van der Waals surface area contributed by atoms with Crippen molar-refractivity contribution in [2.24, 2.45) is 5.73 Å². The highest BCUT2D eigenvalue weighted by Crippen LogP contribution is 2.26. The minimum Gasteiger partial charge on any atom is -0.434 e. The molecule has 20 heavy (non-hydrogen) atoms. The first-order valence-corrected chi connectivity index (χ1v) is 6.14. The monoisotopic (exact) mass is 326 g/mol. The minimum absolute atomic E-state index is 0. The lowest BCUT2D eigenvalue weighted by Gasteiger charge is -2.18. The average molecular weight is 327 g/mol. The molecule has 1 atom stereocenters. The van der Waals surface area contributed by atoms with Crippen molar-refractivity contribution in [3.63, 3.8) is 0 Å². The average Bonchev–Trinajstić information content (AvgIpc) is 2.77. The van der Waals surface area contributed by atoms with Gasteiger partial charge in [0.2, 0.25) is 0 Å². The molecule has 0 saturated carbocycles. The fraction of sp³-hybridized carbons (Fsp3) is 0.417. The van der Waals surface area contributed by atoms with Crippen molar-refractivity contribution >= 4 is 29.9 Å². The van der Waals surface area contributed by atoms with Gasteiger partial charge in [0.15, 0.2) is 0 Å². The maximum atomic E-state index is 12.3. The zero-order chi connectivity index (χ0) is 14.0. The van der Waals surface area contributed by atoms with E-state index in [2.05, 4.69) is 4.74 Å². The van der Waals surface area contributed by atoms with E-state index in [0.29, 0.717) is 19.5 Å². The number of rotatable bonds is 3. The van der Waals surface area contributed by atoms with Crippen molar-refractivity contribution < 1.29 is 18.3 Å². The van der Waals surface area contributed by atoms with Crippen molar-refractivity contribution in [1.82, 2.24) is 4.90 Å². The Morgan fingerprint density at radius 2 is 2.20 bits per heavy atom. The quantitative estimate of drug-likeness (QED) is 0.928. The summed E-state index contributed by atoms with van der Waals surface area (Å²) in [6, 6.07) is 3.90. The number of amides is 1. The highest BCUT2D eigenvalue weighted by molar-refractivity contribution is 6.31. The Morgan fingerprint density at radius 3 is 2.75 bits per heavy atom. The number of carbonyl (C=O) groups is 1. The van der Waals surface area contributed by atoms with Gasteiger partial charge in [0.25, 0.3) is 5.91 Å². The Morgan fingerprint density at radius 1 is 1.50 bits per heavy atom. The molecule has 0 aromatic heterocycles. The molecule has 0 spiro atoms. The van der Waals surface area contributed by atoms with Gasteiger partial charge in [-0.05, 0) is 24.6 Å². The maximum absolute atomic E-state index is 12.3. The van der Waals surface area contributed by atoms with Gasteiger partial charge in [0.05, 0.1) is 5.56 Å². The van der Waals surface area contributed by atoms with Gasteiger partial charge in [-0.2, -0.15) is 8.78 Å². The third-order valence-corrected chi connectivity index (χ3v) is 3.14. The molecule has 4 nitrogen and oxygen atoms in total. The van der Waals surface area contributed by atoms with E-state index in [1.807, 2.05) is 0 Å². The fourth-order valence-electron chi connectivity index (χ4n) is 2.01. The van der Waals surface area contributed by atoms with Gasteiger partial charge >= 0.3 is 6.61 Å². The molecule has 0 unspecified atom stereocenters. The number of alkyl halides is 2. The molecule has 1 amide bonds. The predicted molar refractivity (Wildman–Crippen MR) is 73.8 cm³/mol. The Bertz CT molecular complexity index is 489. The van der Waals surface area contributed by atoms with Crippen LogP contribution in [0.5, 0.6) is 5.75 Å². The zero-order valence-electron chi connectivity index (χ0n) is 10.4. The normalized spacial score (nSPS) is 18.1. The van der Waals surface area contributed by atoms with Gasteiger partial charge in [-0.1, -0.05) is 11.6 Å². The smallest absolute Gasteiger partial charge is 0.387 e. The van der Waals surface area contributed by atoms with Gasteiger partial charge in [-0.3, -0.25) is 4.79 Å². The van der Waals surface area contributed by atoms with Crippen molar-refractivity contribution in [2.75, 3.05) is 13.1 Å². The first-order chi connectivity index (χ1) is 8.97. The van der Waals surface area contributed by atoms with Crippen LogP contribution in [0.3, 0.4) is 0 Å². The second kappa shape index (κ2) is 7.06. The Labute approximate surface area is 126 Å². The topological polar surface area (TPSA) is 55.6 Å². The fourth-order valence-corrected chi connectivity index (χ4v) is 2.18. The molecule has 1 aromatic carbocycles. The predicted octanol–water partition coefficient (Wildman–Crippen LogP) is 2.54. The summed E-state index contributed by atoms with van der Waals surface area (Å²) in [7, 11) is 0. The number of benzene rings is 1. The van der Waals surface area contributed by atoms with Crippen LogP contribution in [0.4, 0.5) is 8.78 Å². The van der Waals surface area contributed by atoms with E-state index >= 15 is 0 Å². The lowest BCUT2D eigenvalue weighted by molar-refractivity contribution is -0.0502. The van der Waals surface area contributed by atoms with E-state index in [9.17, 15) is 13.6 Å². The second-order valence-corrected chi connectivity index (χ2v) is 4.76. The third kappa shape index (κ3) is 3.94. The summed E-state index contributed by atoms with van der Waals surface area (Å²) < 4.78 is 28.9. The Balaban J connectivity index is 0.00000200. The van der Waals surface area contributed by atoms with Crippen molar-refractivity contribution in [1.29, 1.82) is 0 Å². The maximum Gasteiger partial charge on any atom is 0.387 e. The molecular formula is C12H14Cl2F2N2O2. The van der Waals surface area contributed by atoms with E-state index in [1.165, 1.54) is 23.1 Å². The van der Waals surface area contributed by atoms with Crippen molar-refractivity contribution in [3.05, 3.63) is 28.8 Å². The van der Waals surface area contributed by atoms with Crippen LogP contribution in [0.15, 0.2) is 18.2 Å². The van der Waals surface area contributed by atoms with Crippen LogP contribution in [0.1, 0.15) is 16.8 Å². The molecule has 2 N–H and O–H groups in total. The highest BCUT2D eigenvalue weighted by atomic mass is 35.5. The SMILES string of the molecule is Cl.N[C@@H]1CCN(C(=O)c2cc(Cl)ccc2OC(F)F)C1. The van der Waals surface area contributed by atoms with Gasteiger partial charge in [0.1, 0.15) is 5.75 Å². The van der Waals surface area contributed by atoms with Crippen LogP contribution in [-0.2, 0) is 0 Å². The number of hydrogen-bond donors (Lipinski definition) is 1. The standard InChI is InChI=1S/C12H13ClF2N2O2.ClH/c13-7-1-2-10(19-12(14)15)9(5-7)11(18)17-4-3-8(16)6-17;/h1-2,5,8,12H,3-4,6,16H2;1H/t8-;/m1./s1. The molecule has 0 bridgehead atoms. The molecule has 1 fully saturated rings. The summed E-state index contributed by atoms with van der Waals surface area (Å²) in [5, 5.41) is 0.286. The minimum atomic E-state index is -2.99. The summed E-state index contributed by atoms with van der Waals surface area (Å²) >= 11 is 5.79. The van der Waals surface area contributed by atoms with E-state index in [-0.39, 0.29) is 34.8 Å². The second-order valence-electron chi connectivity index (χ2n) is 4.32. The van der Waals surface area contributed by atoms with Crippen LogP contribution in [0.25, 0.3) is 0 Å². The summed E-state index contributed by atoms with van der Waals surface area (Å²) in [6.07, 6.45) is 0.692. The molecule has 0 aliphatic carbocycles. The summed E-state index contributed by atoms with van der Waals surface area (Å²) in [4.78, 5) is 13.7. The molecule has 1 saturated heterocycles. The molecule has 1 aliphatic rings. The van der Waals surface area contributed by atoms with Crippen LogP contribution < -0.4 is 10.5 Å². The number of hydrogen-bond acceptors (Lipinski definition) is 3. The summed E-state index contributed by atoms with van der Waals surface area (Å²) in [5.74, 6) is -0.573. The number of carbonyl (C=O) groups excluding carboxylic acids is 1. The molecule has 8 heteroatoms. The molecule has 112 valence electrons. The van der Waals surface area contributed by atoms with Gasteiger partial charge in [-0.15, -0.1) is 12.4 Å². The zero-order valence-corrected chi connectivity index (χ0v) is 12.0. The van der Waals surface area contributed by atoms with Gasteiger partial charge in [-0.25, -0.2) is 0 Å². The molecule has 1 heterocycles. The molecular weight excluding hydrogens is 313 g/mol. The Kier molecular flexibility index (Phi) is 5.98. The number of nitrogens with zero attached hydrogens (tertiary/aromatic N) is 1. The molecule has 1 aromatic rings. The molecule has 0 radical (unpaired) electrons. The lowest BCUT2D eigenvalue weighted by atomic mass is 10.1. The van der Waals surface area contributed by atoms with Crippen LogP contribution in [0.2, 0.25) is 5.02 Å². The first-order valence-electron chi connectivity index (χ1n) is 5.76. The van der Waals surface area contributed by atoms with E-state index in [1.54, 1.807) is 0 Å². The largest absolute Gasteiger partial charge is 0.434 e. The highest BCUT2D eigenvalue weighted by Gasteiger charge is 2.27. The van der Waals surface area contributed by atoms with Gasteiger partial charge in [0, 0.05) is 24.2 Å². The van der Waals surface area contributed by atoms with E-state index in [4.69, 9.17) is 17.3 Å². The van der Waals surface area contributed by atoms with E-state index in [0.717, 1.165) is 0 Å². The summed E-state index contributed by atoms with van der Waals surface area (Å²) in [6.45, 7) is -2.09. The third-order valence-electron chi connectivity index (χ3n) is 2.90. The number of halogens is 4. The molecule has 1 aliphatic heterocycles. The number of nitrogens with two attached hydrogens (primary N) is 1. The van der Waals surface area contributed by atoms with E-state index < -0.39 is 12.5 Å². The number of ether oxygens (including phenoxy) is 1. The first kappa shape index (κ1) is 16.9. The van der Waals surface area contributed by atoms with Crippen molar-refractivity contribution in [2.45, 2.75) is 19.1 Å². The van der Waals surface area contributed by atoms with Gasteiger partial charge < -0.3 is 15.4 Å². The van der Waals surface area contributed by atoms with Crippen molar-refractivity contribution in [3.8, 4) is 5.75 Å².